The second-order valence-electron chi connectivity index (χ2n) is 5.12. The number of nitrogens with zero attached hydrogens (tertiary/aromatic N) is 1. The average Bonchev–Trinajstić information content (AvgIpc) is 2.47. The second-order valence-corrected chi connectivity index (χ2v) is 5.56. The van der Waals surface area contributed by atoms with Crippen LogP contribution in [0.1, 0.15) is 28.0 Å². The lowest BCUT2D eigenvalue weighted by Gasteiger charge is -2.24. The van der Waals surface area contributed by atoms with Gasteiger partial charge in [-0.05, 0) is 49.1 Å². The third-order valence-electron chi connectivity index (χ3n) is 3.61. The zero-order valence-corrected chi connectivity index (χ0v) is 12.0. The van der Waals surface area contributed by atoms with Crippen LogP contribution < -0.4 is 10.9 Å². The molecule has 0 aliphatic heterocycles. The maximum atomic E-state index is 12.2. The summed E-state index contributed by atoms with van der Waals surface area (Å²) in [6, 6.07) is 8.35. The molecule has 2 aromatic rings. The Balaban J connectivity index is 1.70. The minimum Gasteiger partial charge on any atom is -0.349 e. The lowest BCUT2D eigenvalue weighted by Crippen LogP contribution is -2.39. The molecule has 0 radical (unpaired) electrons. The van der Waals surface area contributed by atoms with Gasteiger partial charge in [0.2, 0.25) is 0 Å². The predicted octanol–water partition coefficient (Wildman–Crippen LogP) is 1.71. The van der Waals surface area contributed by atoms with Crippen LogP contribution in [0.15, 0.2) is 35.1 Å². The summed E-state index contributed by atoms with van der Waals surface area (Å²) < 4.78 is 0. The Morgan fingerprint density at radius 3 is 2.86 bits per heavy atom. The van der Waals surface area contributed by atoms with Crippen molar-refractivity contribution in [3.8, 4) is 0 Å². The van der Waals surface area contributed by atoms with Crippen molar-refractivity contribution in [1.82, 2.24) is 15.5 Å². The lowest BCUT2D eigenvalue weighted by atomic mass is 9.92. The number of amides is 1. The van der Waals surface area contributed by atoms with Crippen molar-refractivity contribution in [2.45, 2.75) is 25.3 Å². The van der Waals surface area contributed by atoms with Crippen molar-refractivity contribution in [2.75, 3.05) is 0 Å². The van der Waals surface area contributed by atoms with Crippen molar-refractivity contribution in [2.24, 2.45) is 0 Å². The third kappa shape index (κ3) is 3.13. The summed E-state index contributed by atoms with van der Waals surface area (Å²) in [7, 11) is 0. The molecule has 1 heterocycles. The normalized spacial score (nSPS) is 17.1. The summed E-state index contributed by atoms with van der Waals surface area (Å²) >= 11 is 5.81. The van der Waals surface area contributed by atoms with E-state index in [0.29, 0.717) is 17.0 Å². The molecule has 2 N–H and O–H groups in total. The Morgan fingerprint density at radius 2 is 2.10 bits per heavy atom. The number of fused-ring (bicyclic) bond motifs is 1. The molecule has 1 aromatic carbocycles. The van der Waals surface area contributed by atoms with Crippen LogP contribution in [0, 0.1) is 0 Å². The van der Waals surface area contributed by atoms with E-state index in [0.717, 1.165) is 24.1 Å². The van der Waals surface area contributed by atoms with Gasteiger partial charge in [0.1, 0.15) is 0 Å². The number of rotatable bonds is 2. The van der Waals surface area contributed by atoms with Crippen molar-refractivity contribution < 1.29 is 4.79 Å². The first kappa shape index (κ1) is 13.8. The van der Waals surface area contributed by atoms with Crippen LogP contribution >= 0.6 is 11.6 Å². The molecule has 3 rings (SSSR count). The predicted molar refractivity (Wildman–Crippen MR) is 79.6 cm³/mol. The molecule has 0 fully saturated rings. The first-order valence-corrected chi connectivity index (χ1v) is 7.13. The number of H-pyrrole nitrogens is 1. The quantitative estimate of drug-likeness (QED) is 0.887. The number of aromatic nitrogens is 2. The first-order valence-electron chi connectivity index (χ1n) is 6.76. The molecule has 6 heteroatoms. The summed E-state index contributed by atoms with van der Waals surface area (Å²) in [5.74, 6) is -0.127. The fourth-order valence-electron chi connectivity index (χ4n) is 2.53. The van der Waals surface area contributed by atoms with E-state index in [1.165, 1.54) is 0 Å². The molecule has 0 saturated carbocycles. The highest BCUT2D eigenvalue weighted by molar-refractivity contribution is 6.30. The SMILES string of the molecule is O=C(NC1CCc2n[nH]c(=O)cc2C1)c1ccc(Cl)cc1. The molecular weight excluding hydrogens is 290 g/mol. The number of hydrogen-bond donors (Lipinski definition) is 2. The molecule has 0 spiro atoms. The molecular formula is C15H14ClN3O2. The molecule has 1 unspecified atom stereocenters. The number of aryl methyl sites for hydroxylation is 1. The minimum absolute atomic E-state index is 0.0179. The molecule has 108 valence electrons. The topological polar surface area (TPSA) is 74.8 Å². The van der Waals surface area contributed by atoms with E-state index in [-0.39, 0.29) is 17.5 Å². The Morgan fingerprint density at radius 1 is 1.33 bits per heavy atom. The standard InChI is InChI=1S/C15H14ClN3O2/c16-11-3-1-9(2-4-11)15(21)17-12-5-6-13-10(7-12)8-14(20)19-18-13/h1-4,8,12H,5-7H2,(H,17,21)(H,19,20). The Hall–Kier alpha value is -2.14. The molecule has 1 atom stereocenters. The number of halogens is 1. The van der Waals surface area contributed by atoms with E-state index in [9.17, 15) is 9.59 Å². The van der Waals surface area contributed by atoms with Crippen LogP contribution in [0.4, 0.5) is 0 Å². The molecule has 0 saturated heterocycles. The van der Waals surface area contributed by atoms with Crippen LogP contribution in [0.3, 0.4) is 0 Å². The monoisotopic (exact) mass is 303 g/mol. The van der Waals surface area contributed by atoms with Gasteiger partial charge < -0.3 is 5.32 Å². The Bertz CT molecular complexity index is 724. The maximum Gasteiger partial charge on any atom is 0.264 e. The van der Waals surface area contributed by atoms with E-state index in [1.54, 1.807) is 30.3 Å². The largest absolute Gasteiger partial charge is 0.349 e. The molecule has 21 heavy (non-hydrogen) atoms. The third-order valence-corrected chi connectivity index (χ3v) is 3.87. The number of hydrogen-bond acceptors (Lipinski definition) is 3. The van der Waals surface area contributed by atoms with Crippen molar-refractivity contribution in [3.63, 3.8) is 0 Å². The highest BCUT2D eigenvalue weighted by Crippen LogP contribution is 2.18. The van der Waals surface area contributed by atoms with Crippen LogP contribution in [0.25, 0.3) is 0 Å². The number of nitrogens with one attached hydrogen (secondary N) is 2. The maximum absolute atomic E-state index is 12.2. The zero-order valence-electron chi connectivity index (χ0n) is 11.2. The van der Waals surface area contributed by atoms with Crippen LogP contribution in [-0.4, -0.2) is 22.1 Å². The lowest BCUT2D eigenvalue weighted by molar-refractivity contribution is 0.0933. The van der Waals surface area contributed by atoms with E-state index in [1.807, 2.05) is 0 Å². The van der Waals surface area contributed by atoms with Crippen LogP contribution in [-0.2, 0) is 12.8 Å². The second kappa shape index (κ2) is 5.69. The number of carbonyl (C=O) groups excluding carboxylic acids is 1. The molecule has 5 nitrogen and oxygen atoms in total. The van der Waals surface area contributed by atoms with Gasteiger partial charge in [0.05, 0.1) is 5.69 Å². The van der Waals surface area contributed by atoms with Gasteiger partial charge in [0.15, 0.2) is 0 Å². The molecule has 1 amide bonds. The summed E-state index contributed by atoms with van der Waals surface area (Å²) in [6.45, 7) is 0. The summed E-state index contributed by atoms with van der Waals surface area (Å²) in [5.41, 5.74) is 2.19. The van der Waals surface area contributed by atoms with Crippen molar-refractivity contribution in [3.05, 3.63) is 62.5 Å². The van der Waals surface area contributed by atoms with Gasteiger partial charge in [-0.15, -0.1) is 0 Å². The number of benzene rings is 1. The Kier molecular flexibility index (Phi) is 3.75. The number of aromatic amines is 1. The van der Waals surface area contributed by atoms with Gasteiger partial charge in [-0.1, -0.05) is 11.6 Å². The van der Waals surface area contributed by atoms with E-state index in [2.05, 4.69) is 15.5 Å². The fourth-order valence-corrected chi connectivity index (χ4v) is 2.66. The van der Waals surface area contributed by atoms with E-state index in [4.69, 9.17) is 11.6 Å². The van der Waals surface area contributed by atoms with Gasteiger partial charge >= 0.3 is 0 Å². The van der Waals surface area contributed by atoms with Gasteiger partial charge in [0, 0.05) is 22.7 Å². The van der Waals surface area contributed by atoms with Crippen LogP contribution in [0.5, 0.6) is 0 Å². The summed E-state index contributed by atoms with van der Waals surface area (Å²) in [6.07, 6.45) is 2.19. The van der Waals surface area contributed by atoms with Gasteiger partial charge in [-0.25, -0.2) is 5.10 Å². The highest BCUT2D eigenvalue weighted by Gasteiger charge is 2.22. The summed E-state index contributed by atoms with van der Waals surface area (Å²) in [5, 5.41) is 10.1. The molecule has 1 aliphatic rings. The molecule has 0 bridgehead atoms. The van der Waals surface area contributed by atoms with Gasteiger partial charge in [-0.2, -0.15) is 5.10 Å². The molecule has 1 aliphatic carbocycles. The zero-order chi connectivity index (χ0) is 14.8. The summed E-state index contributed by atoms with van der Waals surface area (Å²) in [4.78, 5) is 23.5. The first-order chi connectivity index (χ1) is 10.1. The van der Waals surface area contributed by atoms with Gasteiger partial charge in [-0.3, -0.25) is 9.59 Å². The minimum atomic E-state index is -0.210. The Labute approximate surface area is 126 Å². The number of carbonyl (C=O) groups is 1. The van der Waals surface area contributed by atoms with Crippen molar-refractivity contribution >= 4 is 17.5 Å². The van der Waals surface area contributed by atoms with E-state index < -0.39 is 0 Å². The van der Waals surface area contributed by atoms with Gasteiger partial charge in [0.25, 0.3) is 11.5 Å². The van der Waals surface area contributed by atoms with Crippen molar-refractivity contribution in [1.29, 1.82) is 0 Å². The smallest absolute Gasteiger partial charge is 0.264 e. The van der Waals surface area contributed by atoms with E-state index >= 15 is 0 Å². The highest BCUT2D eigenvalue weighted by atomic mass is 35.5. The fraction of sp³-hybridized carbons (Fsp3) is 0.267. The average molecular weight is 304 g/mol. The van der Waals surface area contributed by atoms with Crippen LogP contribution in [0.2, 0.25) is 5.02 Å². The molecule has 1 aromatic heterocycles.